The van der Waals surface area contributed by atoms with Crippen LogP contribution in [-0.4, -0.2) is 22.4 Å². The number of aryl methyl sites for hydroxylation is 1. The van der Waals surface area contributed by atoms with Crippen molar-refractivity contribution in [2.24, 2.45) is 0 Å². The van der Waals surface area contributed by atoms with Crippen molar-refractivity contribution in [3.8, 4) is 0 Å². The smallest absolute Gasteiger partial charge is 0.381 e. The number of anilines is 1. The van der Waals surface area contributed by atoms with Gasteiger partial charge in [-0.05, 0) is 36.8 Å². The molecule has 1 heterocycles. The maximum atomic E-state index is 13.2. The molecule has 0 bridgehead atoms. The van der Waals surface area contributed by atoms with E-state index in [9.17, 15) is 18.3 Å². The first-order valence-corrected chi connectivity index (χ1v) is 7.79. The molecule has 0 spiro atoms. The maximum absolute atomic E-state index is 13.2. The van der Waals surface area contributed by atoms with Crippen molar-refractivity contribution in [2.45, 2.75) is 25.2 Å². The largest absolute Gasteiger partial charge is 0.416 e. The highest BCUT2D eigenvalue weighted by molar-refractivity contribution is 5.91. The van der Waals surface area contributed by atoms with Crippen molar-refractivity contribution in [3.05, 3.63) is 71.9 Å². The molecule has 0 aliphatic carbocycles. The molecular formula is C19H17F3N2O. The summed E-state index contributed by atoms with van der Waals surface area (Å²) in [5.41, 5.74) is 2.34. The Bertz CT molecular complexity index is 865. The normalized spacial score (nSPS) is 14.3. The third-order valence-electron chi connectivity index (χ3n) is 3.99. The van der Waals surface area contributed by atoms with Crippen molar-refractivity contribution in [3.63, 3.8) is 0 Å². The fraction of sp³-hybridized carbons (Fsp3) is 0.211. The molecule has 3 rings (SSSR count). The number of halogens is 3. The summed E-state index contributed by atoms with van der Waals surface area (Å²) in [6.07, 6.45) is -7.28. The molecule has 0 amide bonds. The molecule has 25 heavy (non-hydrogen) atoms. The first-order chi connectivity index (χ1) is 11.9. The second kappa shape index (κ2) is 6.72. The molecule has 1 aromatic heterocycles. The summed E-state index contributed by atoms with van der Waals surface area (Å²) in [5.74, 6) is 0. The Balaban J connectivity index is 2.04. The Hall–Kier alpha value is -2.60. The van der Waals surface area contributed by atoms with E-state index in [2.05, 4.69) is 10.3 Å². The Labute approximate surface area is 143 Å². The molecular weight excluding hydrogens is 329 g/mol. The molecule has 2 atom stereocenters. The number of aliphatic hydroxyl groups is 1. The highest BCUT2D eigenvalue weighted by Crippen LogP contribution is 2.34. The number of aliphatic hydroxyl groups excluding tert-OH is 1. The molecule has 0 aliphatic heterocycles. The summed E-state index contributed by atoms with van der Waals surface area (Å²) in [5, 5.41) is 13.4. The van der Waals surface area contributed by atoms with E-state index in [1.54, 1.807) is 54.6 Å². The highest BCUT2D eigenvalue weighted by atomic mass is 19.4. The Morgan fingerprint density at radius 3 is 2.36 bits per heavy atom. The number of aromatic nitrogens is 1. The van der Waals surface area contributed by atoms with Gasteiger partial charge in [0.1, 0.15) is 0 Å². The van der Waals surface area contributed by atoms with E-state index in [0.717, 1.165) is 5.69 Å². The van der Waals surface area contributed by atoms with Crippen LogP contribution in [0.3, 0.4) is 0 Å². The lowest BCUT2D eigenvalue weighted by Crippen LogP contribution is -2.38. The van der Waals surface area contributed by atoms with Crippen LogP contribution in [0.15, 0.2) is 60.7 Å². The third kappa shape index (κ3) is 3.74. The van der Waals surface area contributed by atoms with Crippen LogP contribution in [0.2, 0.25) is 0 Å². The number of rotatable bonds is 4. The predicted octanol–water partition coefficient (Wildman–Crippen LogP) is 4.62. The first kappa shape index (κ1) is 17.2. The van der Waals surface area contributed by atoms with E-state index in [1.807, 2.05) is 13.0 Å². The van der Waals surface area contributed by atoms with Gasteiger partial charge in [0.25, 0.3) is 0 Å². The molecule has 3 aromatic rings. The number of hydrogen-bond donors (Lipinski definition) is 2. The molecule has 0 fully saturated rings. The van der Waals surface area contributed by atoms with Gasteiger partial charge >= 0.3 is 6.18 Å². The van der Waals surface area contributed by atoms with Crippen LogP contribution in [0.5, 0.6) is 0 Å². The van der Waals surface area contributed by atoms with Crippen LogP contribution in [0.4, 0.5) is 18.9 Å². The molecule has 3 nitrogen and oxygen atoms in total. The first-order valence-electron chi connectivity index (χ1n) is 7.79. The Morgan fingerprint density at radius 1 is 0.960 bits per heavy atom. The SMILES string of the molecule is Cc1ccc2c(NC(c3ccccc3)C(O)C(F)(F)F)cccc2n1. The number of pyridine rings is 1. The number of nitrogens with one attached hydrogen (secondary N) is 1. The van der Waals surface area contributed by atoms with E-state index >= 15 is 0 Å². The molecule has 0 saturated heterocycles. The van der Waals surface area contributed by atoms with Gasteiger partial charge in [0.05, 0.1) is 11.6 Å². The predicted molar refractivity (Wildman–Crippen MR) is 91.3 cm³/mol. The van der Waals surface area contributed by atoms with Crippen LogP contribution in [-0.2, 0) is 0 Å². The van der Waals surface area contributed by atoms with Crippen LogP contribution < -0.4 is 5.32 Å². The molecule has 2 unspecified atom stereocenters. The highest BCUT2D eigenvalue weighted by Gasteiger charge is 2.44. The monoisotopic (exact) mass is 346 g/mol. The molecule has 6 heteroatoms. The van der Waals surface area contributed by atoms with Gasteiger partial charge in [-0.2, -0.15) is 13.2 Å². The van der Waals surface area contributed by atoms with Crippen molar-refractivity contribution >= 4 is 16.6 Å². The van der Waals surface area contributed by atoms with Crippen LogP contribution in [0.25, 0.3) is 10.9 Å². The van der Waals surface area contributed by atoms with Crippen molar-refractivity contribution in [2.75, 3.05) is 5.32 Å². The zero-order chi connectivity index (χ0) is 18.0. The van der Waals surface area contributed by atoms with Crippen molar-refractivity contribution < 1.29 is 18.3 Å². The third-order valence-corrected chi connectivity index (χ3v) is 3.99. The zero-order valence-electron chi connectivity index (χ0n) is 13.5. The molecule has 0 aliphatic rings. The fourth-order valence-electron chi connectivity index (χ4n) is 2.74. The van der Waals surface area contributed by atoms with Crippen molar-refractivity contribution in [1.82, 2.24) is 4.98 Å². The van der Waals surface area contributed by atoms with Gasteiger partial charge < -0.3 is 10.4 Å². The van der Waals surface area contributed by atoms with Crippen molar-refractivity contribution in [1.29, 1.82) is 0 Å². The molecule has 2 N–H and O–H groups in total. The molecule has 0 radical (unpaired) electrons. The van der Waals surface area contributed by atoms with Crippen LogP contribution >= 0.6 is 0 Å². The standard InChI is InChI=1S/C19H17F3N2O/c1-12-10-11-14-15(23-12)8-5-9-16(14)24-17(18(25)19(20,21)22)13-6-3-2-4-7-13/h2-11,17-18,24-25H,1H3. The molecule has 0 saturated carbocycles. The van der Waals surface area contributed by atoms with Gasteiger partial charge in [-0.15, -0.1) is 0 Å². The number of fused-ring (bicyclic) bond motifs is 1. The lowest BCUT2D eigenvalue weighted by Gasteiger charge is -2.27. The summed E-state index contributed by atoms with van der Waals surface area (Å²) in [4.78, 5) is 4.39. The van der Waals surface area contributed by atoms with E-state index < -0.39 is 18.3 Å². The molecule has 130 valence electrons. The Kier molecular flexibility index (Phi) is 4.63. The van der Waals surface area contributed by atoms with E-state index in [1.165, 1.54) is 0 Å². The van der Waals surface area contributed by atoms with Crippen LogP contribution in [0, 0.1) is 6.92 Å². The van der Waals surface area contributed by atoms with Gasteiger partial charge in [-0.25, -0.2) is 0 Å². The molecule has 2 aromatic carbocycles. The van der Waals surface area contributed by atoms with Gasteiger partial charge in [0, 0.05) is 16.8 Å². The summed E-state index contributed by atoms with van der Waals surface area (Å²) >= 11 is 0. The maximum Gasteiger partial charge on any atom is 0.416 e. The lowest BCUT2D eigenvalue weighted by atomic mass is 10.00. The quantitative estimate of drug-likeness (QED) is 0.725. The van der Waals surface area contributed by atoms with E-state index in [4.69, 9.17) is 0 Å². The minimum atomic E-state index is -4.74. The van der Waals surface area contributed by atoms with Gasteiger partial charge in [-0.3, -0.25) is 4.98 Å². The van der Waals surface area contributed by atoms with Gasteiger partial charge in [0.2, 0.25) is 0 Å². The average Bonchev–Trinajstić information content (AvgIpc) is 2.58. The van der Waals surface area contributed by atoms with E-state index in [0.29, 0.717) is 22.2 Å². The topological polar surface area (TPSA) is 45.1 Å². The van der Waals surface area contributed by atoms with Crippen LogP contribution in [0.1, 0.15) is 17.3 Å². The number of alkyl halides is 3. The minimum Gasteiger partial charge on any atom is -0.381 e. The number of hydrogen-bond acceptors (Lipinski definition) is 3. The number of nitrogens with zero attached hydrogens (tertiary/aromatic N) is 1. The Morgan fingerprint density at radius 2 is 1.68 bits per heavy atom. The van der Waals surface area contributed by atoms with E-state index in [-0.39, 0.29) is 0 Å². The zero-order valence-corrected chi connectivity index (χ0v) is 13.5. The second-order valence-electron chi connectivity index (χ2n) is 5.84. The summed E-state index contributed by atoms with van der Waals surface area (Å²) in [7, 11) is 0. The summed E-state index contributed by atoms with van der Waals surface area (Å²) in [6, 6.07) is 15.6. The second-order valence-corrected chi connectivity index (χ2v) is 5.84. The van der Waals surface area contributed by atoms with Gasteiger partial charge in [0.15, 0.2) is 6.10 Å². The lowest BCUT2D eigenvalue weighted by molar-refractivity contribution is -0.208. The minimum absolute atomic E-state index is 0.351. The number of benzene rings is 2. The average molecular weight is 346 g/mol. The fourth-order valence-corrected chi connectivity index (χ4v) is 2.74. The summed E-state index contributed by atoms with van der Waals surface area (Å²) < 4.78 is 39.5. The van der Waals surface area contributed by atoms with Gasteiger partial charge in [-0.1, -0.05) is 36.4 Å². The summed E-state index contributed by atoms with van der Waals surface area (Å²) in [6.45, 7) is 1.85.